The number of rotatable bonds is 2. The monoisotopic (exact) mass is 393 g/mol. The molecule has 2 aromatic heterocycles. The predicted octanol–water partition coefficient (Wildman–Crippen LogP) is 5.63. The lowest BCUT2D eigenvalue weighted by Crippen LogP contribution is -2.21. The van der Waals surface area contributed by atoms with Crippen LogP contribution in [0.5, 0.6) is 0 Å². The molecule has 0 atom stereocenters. The average molecular weight is 394 g/mol. The molecule has 0 spiro atoms. The molecule has 5 heteroatoms. The van der Waals surface area contributed by atoms with Gasteiger partial charge in [-0.1, -0.05) is 11.6 Å². The third kappa shape index (κ3) is 2.99. The normalized spacial score (nSPS) is 19.7. The van der Waals surface area contributed by atoms with Crippen LogP contribution in [0, 0.1) is 32.1 Å². The van der Waals surface area contributed by atoms with Crippen molar-refractivity contribution in [1.29, 1.82) is 5.26 Å². The number of aliphatic hydroxyl groups is 1. The summed E-state index contributed by atoms with van der Waals surface area (Å²) in [6.45, 7) is 6.07. The number of nitriles is 1. The number of nitrogens with zero attached hydrogens (tertiary/aromatic N) is 3. The number of hydrogen-bond donors (Lipinski definition) is 1. The molecule has 0 radical (unpaired) electrons. The van der Waals surface area contributed by atoms with Gasteiger partial charge in [-0.3, -0.25) is 4.98 Å². The van der Waals surface area contributed by atoms with Crippen LogP contribution < -0.4 is 0 Å². The SMILES string of the molecule is Cc1cc2c(cc1C#N)c(-c1cncc(C)c1Cl)c(C)n2C1CCC(O)CC1. The Morgan fingerprint density at radius 2 is 1.82 bits per heavy atom. The maximum absolute atomic E-state index is 9.95. The smallest absolute Gasteiger partial charge is 0.0994 e. The Morgan fingerprint density at radius 3 is 2.50 bits per heavy atom. The molecule has 28 heavy (non-hydrogen) atoms. The van der Waals surface area contributed by atoms with Crippen LogP contribution >= 0.6 is 11.6 Å². The Morgan fingerprint density at radius 1 is 1.11 bits per heavy atom. The van der Waals surface area contributed by atoms with E-state index >= 15 is 0 Å². The Balaban J connectivity index is 2.03. The van der Waals surface area contributed by atoms with E-state index < -0.39 is 0 Å². The lowest BCUT2D eigenvalue weighted by molar-refractivity contribution is 0.111. The van der Waals surface area contributed by atoms with E-state index in [-0.39, 0.29) is 6.10 Å². The maximum Gasteiger partial charge on any atom is 0.0994 e. The minimum Gasteiger partial charge on any atom is -0.393 e. The topological polar surface area (TPSA) is 61.8 Å². The molecular weight excluding hydrogens is 370 g/mol. The van der Waals surface area contributed by atoms with E-state index in [2.05, 4.69) is 28.6 Å². The van der Waals surface area contributed by atoms with Gasteiger partial charge in [0, 0.05) is 46.2 Å². The highest BCUT2D eigenvalue weighted by Crippen LogP contribution is 2.43. The summed E-state index contributed by atoms with van der Waals surface area (Å²) in [5.74, 6) is 0. The van der Waals surface area contributed by atoms with Gasteiger partial charge in [0.05, 0.1) is 22.8 Å². The first kappa shape index (κ1) is 19.0. The summed E-state index contributed by atoms with van der Waals surface area (Å²) in [5.41, 5.74) is 6.83. The highest BCUT2D eigenvalue weighted by molar-refractivity contribution is 6.34. The molecule has 4 rings (SSSR count). The molecule has 144 valence electrons. The largest absolute Gasteiger partial charge is 0.393 e. The number of pyridine rings is 1. The van der Waals surface area contributed by atoms with E-state index in [1.54, 1.807) is 6.20 Å². The van der Waals surface area contributed by atoms with Gasteiger partial charge >= 0.3 is 0 Å². The van der Waals surface area contributed by atoms with Crippen molar-refractivity contribution >= 4 is 22.5 Å². The number of halogens is 1. The summed E-state index contributed by atoms with van der Waals surface area (Å²) in [5, 5.41) is 21.3. The minimum atomic E-state index is -0.194. The summed E-state index contributed by atoms with van der Waals surface area (Å²) >= 11 is 6.67. The third-order valence-corrected chi connectivity index (χ3v) is 6.57. The average Bonchev–Trinajstić information content (AvgIpc) is 2.95. The van der Waals surface area contributed by atoms with Crippen molar-refractivity contribution in [1.82, 2.24) is 9.55 Å². The highest BCUT2D eigenvalue weighted by Gasteiger charge is 2.27. The molecule has 2 heterocycles. The number of aryl methyl sites for hydroxylation is 2. The zero-order chi connectivity index (χ0) is 20.0. The quantitative estimate of drug-likeness (QED) is 0.613. The number of fused-ring (bicyclic) bond motifs is 1. The standard InChI is InChI=1S/C23H24ClN3O/c1-13-8-21-19(9-16(13)10-25)22(20-12-26-11-14(2)23(20)24)15(3)27(21)17-4-6-18(28)7-5-17/h8-9,11-12,17-18,28H,4-7H2,1-3H3. The first-order valence-corrected chi connectivity index (χ1v) is 10.1. The van der Waals surface area contributed by atoms with Crippen LogP contribution in [0.1, 0.15) is 54.1 Å². The van der Waals surface area contributed by atoms with Crippen LogP contribution in [0.25, 0.3) is 22.0 Å². The van der Waals surface area contributed by atoms with Crippen molar-refractivity contribution < 1.29 is 5.11 Å². The molecular formula is C23H24ClN3O. The van der Waals surface area contributed by atoms with E-state index in [4.69, 9.17) is 11.6 Å². The summed E-state index contributed by atoms with van der Waals surface area (Å²) in [6, 6.07) is 6.76. The van der Waals surface area contributed by atoms with E-state index in [9.17, 15) is 10.4 Å². The van der Waals surface area contributed by atoms with Gasteiger partial charge < -0.3 is 9.67 Å². The van der Waals surface area contributed by atoms with Crippen molar-refractivity contribution in [3.8, 4) is 17.2 Å². The Kier molecular flexibility index (Phi) is 4.91. The van der Waals surface area contributed by atoms with Crippen molar-refractivity contribution in [3.05, 3.63) is 51.9 Å². The van der Waals surface area contributed by atoms with Crippen molar-refractivity contribution in [2.75, 3.05) is 0 Å². The van der Waals surface area contributed by atoms with Crippen LogP contribution in [0.4, 0.5) is 0 Å². The first-order chi connectivity index (χ1) is 13.4. The van der Waals surface area contributed by atoms with Crippen LogP contribution in [-0.2, 0) is 0 Å². The molecule has 4 nitrogen and oxygen atoms in total. The van der Waals surface area contributed by atoms with E-state index in [1.807, 2.05) is 26.1 Å². The first-order valence-electron chi connectivity index (χ1n) is 9.76. The summed E-state index contributed by atoms with van der Waals surface area (Å²) in [7, 11) is 0. The van der Waals surface area contributed by atoms with E-state index in [0.717, 1.165) is 64.5 Å². The fourth-order valence-electron chi connectivity index (χ4n) is 4.56. The zero-order valence-electron chi connectivity index (χ0n) is 16.5. The number of benzene rings is 1. The fourth-order valence-corrected chi connectivity index (χ4v) is 4.75. The molecule has 1 fully saturated rings. The molecule has 1 aromatic carbocycles. The second-order valence-corrected chi connectivity index (χ2v) is 8.28. The molecule has 0 saturated heterocycles. The molecule has 0 bridgehead atoms. The number of hydrogen-bond acceptors (Lipinski definition) is 3. The van der Waals surface area contributed by atoms with Gasteiger partial charge in [0.2, 0.25) is 0 Å². The van der Waals surface area contributed by atoms with Crippen LogP contribution in [0.15, 0.2) is 24.5 Å². The molecule has 0 amide bonds. The van der Waals surface area contributed by atoms with E-state index in [1.165, 1.54) is 0 Å². The molecule has 3 aromatic rings. The Hall–Kier alpha value is -2.35. The number of aliphatic hydroxyl groups excluding tert-OH is 1. The van der Waals surface area contributed by atoms with Gasteiger partial charge in [-0.2, -0.15) is 5.26 Å². The lowest BCUT2D eigenvalue weighted by atomic mass is 9.92. The van der Waals surface area contributed by atoms with Crippen molar-refractivity contribution in [2.45, 2.75) is 58.6 Å². The van der Waals surface area contributed by atoms with Crippen molar-refractivity contribution in [3.63, 3.8) is 0 Å². The lowest BCUT2D eigenvalue weighted by Gasteiger charge is -2.28. The minimum absolute atomic E-state index is 0.194. The molecule has 0 aliphatic heterocycles. The molecule has 0 unspecified atom stereocenters. The van der Waals surface area contributed by atoms with Crippen molar-refractivity contribution in [2.24, 2.45) is 0 Å². The molecule has 1 N–H and O–H groups in total. The van der Waals surface area contributed by atoms with Gasteiger partial charge in [0.25, 0.3) is 0 Å². The predicted molar refractivity (Wildman–Crippen MR) is 113 cm³/mol. The van der Waals surface area contributed by atoms with Crippen LogP contribution in [0.2, 0.25) is 5.02 Å². The summed E-state index contributed by atoms with van der Waals surface area (Å²) in [6.07, 6.45) is 6.93. The van der Waals surface area contributed by atoms with Gasteiger partial charge in [0.15, 0.2) is 0 Å². The van der Waals surface area contributed by atoms with E-state index in [0.29, 0.717) is 16.6 Å². The Bertz CT molecular complexity index is 1100. The highest BCUT2D eigenvalue weighted by atomic mass is 35.5. The fraction of sp³-hybridized carbons (Fsp3) is 0.391. The summed E-state index contributed by atoms with van der Waals surface area (Å²) in [4.78, 5) is 4.37. The van der Waals surface area contributed by atoms with Gasteiger partial charge in [-0.25, -0.2) is 0 Å². The molecule has 1 aliphatic carbocycles. The summed E-state index contributed by atoms with van der Waals surface area (Å²) < 4.78 is 2.39. The second kappa shape index (κ2) is 7.24. The zero-order valence-corrected chi connectivity index (χ0v) is 17.2. The maximum atomic E-state index is 9.95. The van der Waals surface area contributed by atoms with Gasteiger partial charge in [-0.05, 0) is 69.7 Å². The molecule has 1 aliphatic rings. The Labute approximate surface area is 170 Å². The molecule has 1 saturated carbocycles. The third-order valence-electron chi connectivity index (χ3n) is 6.07. The van der Waals surface area contributed by atoms with Gasteiger partial charge in [0.1, 0.15) is 0 Å². The second-order valence-electron chi connectivity index (χ2n) is 7.91. The van der Waals surface area contributed by atoms with Gasteiger partial charge in [-0.15, -0.1) is 0 Å². The van der Waals surface area contributed by atoms with Crippen LogP contribution in [-0.4, -0.2) is 20.8 Å². The van der Waals surface area contributed by atoms with Crippen LogP contribution in [0.3, 0.4) is 0 Å². The number of aromatic nitrogens is 2.